The van der Waals surface area contributed by atoms with Crippen LogP contribution in [-0.4, -0.2) is 48.3 Å². The first-order valence-electron chi connectivity index (χ1n) is 12.7. The average Bonchev–Trinajstić information content (AvgIpc) is 3.00. The summed E-state index contributed by atoms with van der Waals surface area (Å²) in [7, 11) is 2.75. The van der Waals surface area contributed by atoms with Crippen molar-refractivity contribution in [2.75, 3.05) is 31.6 Å². The Morgan fingerprint density at radius 1 is 1.07 bits per heavy atom. The van der Waals surface area contributed by atoms with Gasteiger partial charge in [-0.3, -0.25) is 4.79 Å². The van der Waals surface area contributed by atoms with Gasteiger partial charge in [0.1, 0.15) is 46.6 Å². The van der Waals surface area contributed by atoms with Gasteiger partial charge in [0.05, 0.1) is 18.3 Å². The van der Waals surface area contributed by atoms with Crippen LogP contribution in [0.25, 0.3) is 11.0 Å². The highest BCUT2D eigenvalue weighted by Crippen LogP contribution is 2.37. The molecular weight excluding hydrogens is 530 g/mol. The molecule has 11 heteroatoms. The van der Waals surface area contributed by atoms with Crippen LogP contribution in [0.4, 0.5) is 14.5 Å². The van der Waals surface area contributed by atoms with Crippen LogP contribution in [0.1, 0.15) is 33.9 Å². The minimum atomic E-state index is -0.839. The molecule has 2 aromatic heterocycles. The van der Waals surface area contributed by atoms with E-state index in [2.05, 4.69) is 16.4 Å². The van der Waals surface area contributed by atoms with Crippen LogP contribution in [0.2, 0.25) is 0 Å². The van der Waals surface area contributed by atoms with Crippen molar-refractivity contribution >= 4 is 22.7 Å². The van der Waals surface area contributed by atoms with E-state index < -0.39 is 35.1 Å². The van der Waals surface area contributed by atoms with E-state index in [0.29, 0.717) is 28.8 Å². The van der Waals surface area contributed by atoms with Crippen LogP contribution in [0.15, 0.2) is 59.4 Å². The second kappa shape index (κ2) is 11.2. The van der Waals surface area contributed by atoms with Crippen molar-refractivity contribution in [1.82, 2.24) is 14.9 Å². The maximum atomic E-state index is 13.8. The minimum absolute atomic E-state index is 0.00955. The van der Waals surface area contributed by atoms with Crippen molar-refractivity contribution in [2.24, 2.45) is 7.05 Å². The lowest BCUT2D eigenvalue weighted by Gasteiger charge is -2.37. The Morgan fingerprint density at radius 2 is 1.68 bits per heavy atom. The summed E-state index contributed by atoms with van der Waals surface area (Å²) in [5.41, 5.74) is 1.45. The Kier molecular flexibility index (Phi) is 7.47. The Bertz CT molecular complexity index is 1740. The largest absolute Gasteiger partial charge is 0.467 e. The zero-order valence-electron chi connectivity index (χ0n) is 22.2. The topological polar surface area (TPSA) is 124 Å². The van der Waals surface area contributed by atoms with Gasteiger partial charge < -0.3 is 19.5 Å². The van der Waals surface area contributed by atoms with Crippen LogP contribution in [0.3, 0.4) is 0 Å². The third-order valence-corrected chi connectivity index (χ3v) is 7.31. The Balaban J connectivity index is 1.83. The van der Waals surface area contributed by atoms with Crippen molar-refractivity contribution < 1.29 is 18.3 Å². The van der Waals surface area contributed by atoms with E-state index in [1.54, 1.807) is 35.2 Å². The summed E-state index contributed by atoms with van der Waals surface area (Å²) in [6.45, 7) is 0.958. The van der Waals surface area contributed by atoms with Crippen molar-refractivity contribution in [3.8, 4) is 12.1 Å². The van der Waals surface area contributed by atoms with E-state index in [4.69, 9.17) is 4.74 Å². The van der Waals surface area contributed by atoms with Gasteiger partial charge in [-0.15, -0.1) is 0 Å². The zero-order chi connectivity index (χ0) is 29.3. The molecule has 3 heterocycles. The second-order valence-electron chi connectivity index (χ2n) is 9.58. The highest BCUT2D eigenvalue weighted by Gasteiger charge is 2.35. The molecule has 0 bridgehead atoms. The highest BCUT2D eigenvalue weighted by atomic mass is 19.1. The number of nitriles is 2. The third-order valence-electron chi connectivity index (χ3n) is 7.31. The van der Waals surface area contributed by atoms with Crippen molar-refractivity contribution in [1.29, 1.82) is 10.5 Å². The summed E-state index contributed by atoms with van der Waals surface area (Å²) in [4.78, 5) is 32.4. The molecule has 206 valence electrons. The molecule has 4 aromatic rings. The number of hydrogen-bond acceptors (Lipinski definition) is 8. The number of pyridine rings is 2. The Hall–Kier alpha value is -5.13. The molecule has 0 radical (unpaired) electrons. The van der Waals surface area contributed by atoms with Crippen LogP contribution in [0, 0.1) is 34.3 Å². The number of hydrogen-bond donors (Lipinski definition) is 1. The quantitative estimate of drug-likeness (QED) is 0.374. The summed E-state index contributed by atoms with van der Waals surface area (Å²) in [6.07, 6.45) is 0. The van der Waals surface area contributed by atoms with E-state index in [9.17, 15) is 28.9 Å². The summed E-state index contributed by atoms with van der Waals surface area (Å²) in [6, 6.07) is 16.3. The van der Waals surface area contributed by atoms with Gasteiger partial charge in [0, 0.05) is 38.2 Å². The van der Waals surface area contributed by atoms with E-state index in [-0.39, 0.29) is 35.6 Å². The number of nitrogens with zero attached hydrogens (tertiary/aromatic N) is 5. The standard InChI is InChI=1S/C30H24F2N6O3/c1-37-24-13-21(26(17-3-7-19(31)8-4-17)18-5-9-20(32)10-6-18)23(15-34)36-27(24)28(22(14-33)29(37)39)38-12-11-35-16-25(38)30(40)41-2/h3-10,13,25-26,35H,11-12,16H2,1-2H3. The molecule has 5 rings (SSSR count). The first-order valence-corrected chi connectivity index (χ1v) is 12.7. The molecule has 0 spiro atoms. The molecule has 0 aliphatic carbocycles. The molecule has 1 aliphatic heterocycles. The van der Waals surface area contributed by atoms with E-state index in [1.807, 2.05) is 6.07 Å². The van der Waals surface area contributed by atoms with Gasteiger partial charge in [-0.1, -0.05) is 24.3 Å². The van der Waals surface area contributed by atoms with Gasteiger partial charge in [-0.25, -0.2) is 18.6 Å². The summed E-state index contributed by atoms with van der Waals surface area (Å²) in [5.74, 6) is -2.12. The fourth-order valence-corrected chi connectivity index (χ4v) is 5.31. The smallest absolute Gasteiger partial charge is 0.329 e. The number of methoxy groups -OCH3 is 1. The normalized spacial score (nSPS) is 15.0. The lowest BCUT2D eigenvalue weighted by molar-refractivity contribution is -0.142. The molecule has 1 saturated heterocycles. The SMILES string of the molecule is COC(=O)C1CNCCN1c1c(C#N)c(=O)n(C)c2cc(C(c3ccc(F)cc3)c3ccc(F)cc3)c(C#N)nc12. The first-order chi connectivity index (χ1) is 19.8. The number of carbonyl (C=O) groups is 1. The monoisotopic (exact) mass is 554 g/mol. The molecule has 9 nitrogen and oxygen atoms in total. The number of aryl methyl sites for hydroxylation is 1. The predicted molar refractivity (Wildman–Crippen MR) is 146 cm³/mol. The number of rotatable bonds is 5. The minimum Gasteiger partial charge on any atom is -0.467 e. The molecule has 1 aliphatic rings. The van der Waals surface area contributed by atoms with E-state index >= 15 is 0 Å². The predicted octanol–water partition coefficient (Wildman–Crippen LogP) is 3.09. The van der Waals surface area contributed by atoms with E-state index in [0.717, 1.165) is 0 Å². The number of fused-ring (bicyclic) bond motifs is 1. The fourth-order valence-electron chi connectivity index (χ4n) is 5.31. The zero-order valence-corrected chi connectivity index (χ0v) is 22.2. The average molecular weight is 555 g/mol. The highest BCUT2D eigenvalue weighted by molar-refractivity contribution is 5.95. The number of benzene rings is 2. The number of aromatic nitrogens is 2. The molecule has 0 saturated carbocycles. The van der Waals surface area contributed by atoms with Gasteiger partial charge >= 0.3 is 5.97 Å². The first kappa shape index (κ1) is 27.4. The second-order valence-corrected chi connectivity index (χ2v) is 9.58. The Labute approximate surface area is 233 Å². The molecule has 1 N–H and O–H groups in total. The fraction of sp³-hybridized carbons (Fsp3) is 0.233. The molecule has 0 amide bonds. The number of ether oxygens (including phenoxy) is 1. The van der Waals surface area contributed by atoms with Gasteiger partial charge in [0.25, 0.3) is 5.56 Å². The van der Waals surface area contributed by atoms with Crippen LogP contribution in [0.5, 0.6) is 0 Å². The van der Waals surface area contributed by atoms with Crippen LogP contribution >= 0.6 is 0 Å². The molecule has 1 atom stereocenters. The van der Waals surface area contributed by atoms with Crippen molar-refractivity contribution in [3.05, 3.63) is 105 Å². The van der Waals surface area contributed by atoms with Crippen molar-refractivity contribution in [2.45, 2.75) is 12.0 Å². The number of anilines is 1. The van der Waals surface area contributed by atoms with Gasteiger partial charge in [0.2, 0.25) is 0 Å². The maximum Gasteiger partial charge on any atom is 0.329 e. The maximum absolute atomic E-state index is 13.8. The number of carbonyl (C=O) groups excluding carboxylic acids is 1. The number of nitrogens with one attached hydrogen (secondary N) is 1. The number of halogens is 2. The molecule has 1 fully saturated rings. The third kappa shape index (κ3) is 4.88. The van der Waals surface area contributed by atoms with Crippen molar-refractivity contribution in [3.63, 3.8) is 0 Å². The van der Waals surface area contributed by atoms with E-state index in [1.165, 1.54) is 43.0 Å². The summed E-state index contributed by atoms with van der Waals surface area (Å²) < 4.78 is 33.9. The lowest BCUT2D eigenvalue weighted by atomic mass is 9.84. The van der Waals surface area contributed by atoms with Gasteiger partial charge in [-0.05, 0) is 41.5 Å². The van der Waals surface area contributed by atoms with Crippen LogP contribution < -0.4 is 15.8 Å². The molecule has 2 aromatic carbocycles. The molecule has 41 heavy (non-hydrogen) atoms. The number of piperazine rings is 1. The van der Waals surface area contributed by atoms with Gasteiger partial charge in [0.15, 0.2) is 0 Å². The lowest BCUT2D eigenvalue weighted by Crippen LogP contribution is -2.56. The summed E-state index contributed by atoms with van der Waals surface area (Å²) in [5, 5.41) is 23.4. The summed E-state index contributed by atoms with van der Waals surface area (Å²) >= 11 is 0. The van der Waals surface area contributed by atoms with Gasteiger partial charge in [-0.2, -0.15) is 10.5 Å². The Morgan fingerprint density at radius 3 is 2.22 bits per heavy atom. The van der Waals surface area contributed by atoms with Crippen LogP contribution in [-0.2, 0) is 16.6 Å². The number of esters is 1. The molecule has 1 unspecified atom stereocenters. The molecular formula is C30H24F2N6O3.